The lowest BCUT2D eigenvalue weighted by molar-refractivity contribution is 0.555. The Labute approximate surface area is 99.0 Å². The maximum atomic E-state index is 5.63. The molecule has 0 atom stereocenters. The summed E-state index contributed by atoms with van der Waals surface area (Å²) in [7, 11) is 0. The fourth-order valence-corrected chi connectivity index (χ4v) is 2.38. The van der Waals surface area contributed by atoms with Gasteiger partial charge in [0.1, 0.15) is 0 Å². The Morgan fingerprint density at radius 2 is 2.36 bits per heavy atom. The average molecular weight is 293 g/mol. The minimum absolute atomic E-state index is 0.602. The van der Waals surface area contributed by atoms with Crippen LogP contribution >= 0.6 is 38.9 Å². The average Bonchev–Trinajstić information content (AvgIpc) is 2.74. The van der Waals surface area contributed by atoms with E-state index < -0.39 is 0 Å². The normalized spacial score (nSPS) is 10.7. The van der Waals surface area contributed by atoms with Crippen LogP contribution in [0.1, 0.15) is 5.69 Å². The van der Waals surface area contributed by atoms with Gasteiger partial charge in [0.2, 0.25) is 0 Å². The molecular formula is C9H7BrClNOS. The predicted molar refractivity (Wildman–Crippen MR) is 61.9 cm³/mol. The van der Waals surface area contributed by atoms with E-state index in [1.807, 2.05) is 17.5 Å². The fourth-order valence-electron chi connectivity index (χ4n) is 1.06. The van der Waals surface area contributed by atoms with Gasteiger partial charge in [0, 0.05) is 17.7 Å². The number of furan rings is 1. The molecule has 14 heavy (non-hydrogen) atoms. The Morgan fingerprint density at radius 3 is 3.00 bits per heavy atom. The second-order valence-electron chi connectivity index (χ2n) is 2.69. The van der Waals surface area contributed by atoms with Crippen molar-refractivity contribution in [1.29, 1.82) is 0 Å². The van der Waals surface area contributed by atoms with Crippen LogP contribution in [0.3, 0.4) is 0 Å². The van der Waals surface area contributed by atoms with Crippen molar-refractivity contribution in [2.24, 2.45) is 0 Å². The first-order valence-electron chi connectivity index (χ1n) is 4.05. The largest absolute Gasteiger partial charge is 0.447 e. The number of alkyl halides is 1. The quantitative estimate of drug-likeness (QED) is 0.801. The van der Waals surface area contributed by atoms with Gasteiger partial charge in [-0.15, -0.1) is 22.9 Å². The van der Waals surface area contributed by atoms with Crippen molar-refractivity contribution in [3.05, 3.63) is 27.9 Å². The van der Waals surface area contributed by atoms with E-state index in [1.54, 1.807) is 11.3 Å². The standard InChI is InChI=1S/C9H7BrClNOS/c10-8-2-1-7(13-8)9-12-6(3-4-11)5-14-9/h1-2,5H,3-4H2. The van der Waals surface area contributed by atoms with Gasteiger partial charge in [0.05, 0.1) is 5.69 Å². The number of aromatic nitrogens is 1. The highest BCUT2D eigenvalue weighted by Gasteiger charge is 2.07. The maximum Gasteiger partial charge on any atom is 0.170 e. The lowest BCUT2D eigenvalue weighted by Gasteiger charge is -1.88. The number of hydrogen-bond donors (Lipinski definition) is 0. The molecule has 5 heteroatoms. The highest BCUT2D eigenvalue weighted by atomic mass is 79.9. The molecule has 0 N–H and O–H groups in total. The second kappa shape index (κ2) is 4.47. The monoisotopic (exact) mass is 291 g/mol. The highest BCUT2D eigenvalue weighted by molar-refractivity contribution is 9.10. The van der Waals surface area contributed by atoms with Gasteiger partial charge in [-0.1, -0.05) is 0 Å². The van der Waals surface area contributed by atoms with Crippen LogP contribution in [0.4, 0.5) is 0 Å². The molecule has 0 fully saturated rings. The van der Waals surface area contributed by atoms with Gasteiger partial charge in [-0.25, -0.2) is 4.98 Å². The fraction of sp³-hybridized carbons (Fsp3) is 0.222. The third-order valence-corrected chi connectivity index (χ3v) is 3.21. The summed E-state index contributed by atoms with van der Waals surface area (Å²) in [6.45, 7) is 0. The van der Waals surface area contributed by atoms with E-state index in [0.717, 1.165) is 27.6 Å². The topological polar surface area (TPSA) is 26.0 Å². The number of aryl methyl sites for hydroxylation is 1. The third-order valence-electron chi connectivity index (χ3n) is 1.69. The molecule has 2 aromatic rings. The molecule has 0 unspecified atom stereocenters. The Morgan fingerprint density at radius 1 is 1.50 bits per heavy atom. The van der Waals surface area contributed by atoms with E-state index >= 15 is 0 Å². The van der Waals surface area contributed by atoms with E-state index in [2.05, 4.69) is 20.9 Å². The Kier molecular flexibility index (Phi) is 3.26. The summed E-state index contributed by atoms with van der Waals surface area (Å²) >= 11 is 10.5. The van der Waals surface area contributed by atoms with Crippen molar-refractivity contribution in [1.82, 2.24) is 4.98 Å². The summed E-state index contributed by atoms with van der Waals surface area (Å²) in [5.41, 5.74) is 1.02. The van der Waals surface area contributed by atoms with Crippen LogP contribution in [0.25, 0.3) is 10.8 Å². The minimum atomic E-state index is 0.602. The van der Waals surface area contributed by atoms with Gasteiger partial charge in [-0.3, -0.25) is 0 Å². The molecule has 0 aliphatic rings. The van der Waals surface area contributed by atoms with Gasteiger partial charge >= 0.3 is 0 Å². The lowest BCUT2D eigenvalue weighted by atomic mass is 10.4. The molecule has 74 valence electrons. The summed E-state index contributed by atoms with van der Waals surface area (Å²) in [4.78, 5) is 4.40. The summed E-state index contributed by atoms with van der Waals surface area (Å²) in [6, 6.07) is 3.76. The zero-order valence-electron chi connectivity index (χ0n) is 7.17. The summed E-state index contributed by atoms with van der Waals surface area (Å²) in [6.07, 6.45) is 0.805. The minimum Gasteiger partial charge on any atom is -0.447 e. The number of nitrogens with zero attached hydrogens (tertiary/aromatic N) is 1. The van der Waals surface area contributed by atoms with Crippen molar-refractivity contribution in [3.8, 4) is 10.8 Å². The van der Waals surface area contributed by atoms with Crippen molar-refractivity contribution < 1.29 is 4.42 Å². The molecule has 0 aliphatic heterocycles. The Balaban J connectivity index is 2.24. The number of halogens is 2. The molecule has 0 amide bonds. The van der Waals surface area contributed by atoms with Gasteiger partial charge < -0.3 is 4.42 Å². The molecule has 0 spiro atoms. The first-order chi connectivity index (χ1) is 6.79. The highest BCUT2D eigenvalue weighted by Crippen LogP contribution is 2.27. The molecule has 0 aliphatic carbocycles. The number of hydrogen-bond acceptors (Lipinski definition) is 3. The summed E-state index contributed by atoms with van der Waals surface area (Å²) in [5.74, 6) is 1.40. The molecule has 2 heterocycles. The molecule has 0 saturated carbocycles. The van der Waals surface area contributed by atoms with Gasteiger partial charge in [0.15, 0.2) is 15.4 Å². The molecule has 0 saturated heterocycles. The van der Waals surface area contributed by atoms with Crippen LogP contribution in [-0.2, 0) is 6.42 Å². The van der Waals surface area contributed by atoms with Gasteiger partial charge in [0.25, 0.3) is 0 Å². The van der Waals surface area contributed by atoms with Crippen LogP contribution in [-0.4, -0.2) is 10.9 Å². The number of thiazole rings is 1. The van der Waals surface area contributed by atoms with Gasteiger partial charge in [-0.2, -0.15) is 0 Å². The van der Waals surface area contributed by atoms with E-state index in [1.165, 1.54) is 0 Å². The molecule has 2 rings (SSSR count). The first kappa shape index (κ1) is 10.2. The van der Waals surface area contributed by atoms with Gasteiger partial charge in [-0.05, 0) is 28.1 Å². The van der Waals surface area contributed by atoms with E-state index in [-0.39, 0.29) is 0 Å². The van der Waals surface area contributed by atoms with Crippen LogP contribution in [0.15, 0.2) is 26.6 Å². The molecule has 0 radical (unpaired) electrons. The molecule has 0 aromatic carbocycles. The Bertz CT molecular complexity index is 426. The van der Waals surface area contributed by atoms with Crippen molar-refractivity contribution in [2.45, 2.75) is 6.42 Å². The SMILES string of the molecule is ClCCc1csc(-c2ccc(Br)o2)n1. The van der Waals surface area contributed by atoms with Crippen LogP contribution in [0.5, 0.6) is 0 Å². The third kappa shape index (κ3) is 2.19. The maximum absolute atomic E-state index is 5.63. The van der Waals surface area contributed by atoms with E-state index in [0.29, 0.717) is 5.88 Å². The molecule has 2 aromatic heterocycles. The Hall–Kier alpha value is -0.320. The van der Waals surface area contributed by atoms with E-state index in [9.17, 15) is 0 Å². The molecule has 2 nitrogen and oxygen atoms in total. The van der Waals surface area contributed by atoms with Crippen molar-refractivity contribution >= 4 is 38.9 Å². The van der Waals surface area contributed by atoms with Crippen molar-refractivity contribution in [3.63, 3.8) is 0 Å². The predicted octanol–water partition coefficient (Wildman–Crippen LogP) is 3.95. The van der Waals surface area contributed by atoms with Crippen molar-refractivity contribution in [2.75, 3.05) is 5.88 Å². The molecular weight excluding hydrogens is 286 g/mol. The second-order valence-corrected chi connectivity index (χ2v) is 4.70. The van der Waals surface area contributed by atoms with Crippen LogP contribution in [0, 0.1) is 0 Å². The van der Waals surface area contributed by atoms with E-state index in [4.69, 9.17) is 16.0 Å². The zero-order valence-corrected chi connectivity index (χ0v) is 10.3. The zero-order chi connectivity index (χ0) is 9.97. The summed E-state index contributed by atoms with van der Waals surface area (Å²) < 4.78 is 6.12. The van der Waals surface area contributed by atoms with Crippen LogP contribution < -0.4 is 0 Å². The summed E-state index contributed by atoms with van der Waals surface area (Å²) in [5, 5.41) is 2.91. The first-order valence-corrected chi connectivity index (χ1v) is 6.26. The smallest absolute Gasteiger partial charge is 0.170 e. The van der Waals surface area contributed by atoms with Crippen LogP contribution in [0.2, 0.25) is 0 Å². The number of rotatable bonds is 3. The lowest BCUT2D eigenvalue weighted by Crippen LogP contribution is -1.85. The molecule has 0 bridgehead atoms.